The second-order valence-corrected chi connectivity index (χ2v) is 6.49. The van der Waals surface area contributed by atoms with Crippen LogP contribution in [-0.2, 0) is 9.53 Å². The molecule has 1 amide bonds. The largest absolute Gasteiger partial charge is 0.399 e. The summed E-state index contributed by atoms with van der Waals surface area (Å²) >= 11 is 1.40. The number of carbonyl (C=O) groups excluding carboxylic acids is 1. The quantitative estimate of drug-likeness (QED) is 0.831. The Morgan fingerprint density at radius 2 is 2.05 bits per heavy atom. The molecule has 1 aromatic heterocycles. The highest BCUT2D eigenvalue weighted by Gasteiger charge is 2.19. The fourth-order valence-corrected chi connectivity index (χ4v) is 2.66. The van der Waals surface area contributed by atoms with Gasteiger partial charge in [-0.25, -0.2) is 4.98 Å². The first kappa shape index (κ1) is 15.7. The second kappa shape index (κ2) is 6.41. The summed E-state index contributed by atoms with van der Waals surface area (Å²) in [6.45, 7) is 7.84. The SMILES string of the molecule is CC(OC(C)C(C)C)C(=O)Nc1nc2ccc(N)cc2s1. The van der Waals surface area contributed by atoms with Crippen LogP contribution < -0.4 is 11.1 Å². The number of fused-ring (bicyclic) bond motifs is 1. The van der Waals surface area contributed by atoms with Gasteiger partial charge in [0.15, 0.2) is 5.13 Å². The lowest BCUT2D eigenvalue weighted by Crippen LogP contribution is -2.32. The number of benzene rings is 1. The Morgan fingerprint density at radius 3 is 2.71 bits per heavy atom. The Morgan fingerprint density at radius 1 is 1.33 bits per heavy atom. The molecule has 0 bridgehead atoms. The van der Waals surface area contributed by atoms with Gasteiger partial charge in [-0.15, -0.1) is 0 Å². The van der Waals surface area contributed by atoms with E-state index in [0.29, 0.717) is 16.7 Å². The molecule has 0 fully saturated rings. The molecule has 6 heteroatoms. The van der Waals surface area contributed by atoms with E-state index in [4.69, 9.17) is 10.5 Å². The fraction of sp³-hybridized carbons (Fsp3) is 0.467. The molecule has 2 rings (SSSR count). The van der Waals surface area contributed by atoms with Gasteiger partial charge in [-0.3, -0.25) is 10.1 Å². The van der Waals surface area contributed by atoms with E-state index in [2.05, 4.69) is 24.1 Å². The maximum atomic E-state index is 12.1. The predicted octanol–water partition coefficient (Wildman–Crippen LogP) is 3.27. The van der Waals surface area contributed by atoms with Gasteiger partial charge in [0.05, 0.1) is 16.3 Å². The molecular weight excluding hydrogens is 286 g/mol. The average molecular weight is 307 g/mol. The number of nitrogens with zero attached hydrogens (tertiary/aromatic N) is 1. The van der Waals surface area contributed by atoms with Crippen LogP contribution in [0.3, 0.4) is 0 Å². The fourth-order valence-electron chi connectivity index (χ4n) is 1.74. The number of hydrogen-bond acceptors (Lipinski definition) is 5. The van der Waals surface area contributed by atoms with E-state index in [0.717, 1.165) is 10.2 Å². The summed E-state index contributed by atoms with van der Waals surface area (Å²) in [4.78, 5) is 16.5. The Labute approximate surface area is 128 Å². The van der Waals surface area contributed by atoms with Gasteiger partial charge in [0.25, 0.3) is 5.91 Å². The molecule has 0 spiro atoms. The predicted molar refractivity (Wildman–Crippen MR) is 87.5 cm³/mol. The van der Waals surface area contributed by atoms with Gasteiger partial charge in [0.1, 0.15) is 6.10 Å². The number of nitrogen functional groups attached to an aromatic ring is 1. The summed E-state index contributed by atoms with van der Waals surface area (Å²) in [6.07, 6.45) is -0.486. The van der Waals surface area contributed by atoms with Gasteiger partial charge in [-0.05, 0) is 38.0 Å². The van der Waals surface area contributed by atoms with E-state index in [1.165, 1.54) is 11.3 Å². The van der Waals surface area contributed by atoms with E-state index >= 15 is 0 Å². The Bertz CT molecular complexity index is 639. The van der Waals surface area contributed by atoms with E-state index in [9.17, 15) is 4.79 Å². The smallest absolute Gasteiger partial charge is 0.255 e. The van der Waals surface area contributed by atoms with Crippen LogP contribution in [0.2, 0.25) is 0 Å². The number of amides is 1. The number of ether oxygens (including phenoxy) is 1. The van der Waals surface area contributed by atoms with Crippen LogP contribution in [0.15, 0.2) is 18.2 Å². The molecular formula is C15H21N3O2S. The molecule has 0 saturated carbocycles. The molecule has 3 N–H and O–H groups in total. The van der Waals surface area contributed by atoms with Gasteiger partial charge in [-0.2, -0.15) is 0 Å². The topological polar surface area (TPSA) is 77.2 Å². The van der Waals surface area contributed by atoms with Gasteiger partial charge in [-0.1, -0.05) is 25.2 Å². The number of nitrogens with two attached hydrogens (primary N) is 1. The molecule has 0 aliphatic rings. The van der Waals surface area contributed by atoms with Crippen molar-refractivity contribution in [2.45, 2.75) is 39.9 Å². The summed E-state index contributed by atoms with van der Waals surface area (Å²) in [5.74, 6) is 0.181. The molecule has 1 aromatic carbocycles. The zero-order valence-corrected chi connectivity index (χ0v) is 13.5. The molecule has 0 saturated heterocycles. The highest BCUT2D eigenvalue weighted by Crippen LogP contribution is 2.27. The second-order valence-electron chi connectivity index (χ2n) is 5.46. The van der Waals surface area contributed by atoms with E-state index in [1.807, 2.05) is 19.1 Å². The lowest BCUT2D eigenvalue weighted by atomic mass is 10.1. The van der Waals surface area contributed by atoms with Crippen molar-refractivity contribution in [3.05, 3.63) is 18.2 Å². The van der Waals surface area contributed by atoms with Crippen molar-refractivity contribution in [3.8, 4) is 0 Å². The molecule has 2 aromatic rings. The zero-order valence-electron chi connectivity index (χ0n) is 12.7. The highest BCUT2D eigenvalue weighted by atomic mass is 32.1. The van der Waals surface area contributed by atoms with Gasteiger partial charge < -0.3 is 10.5 Å². The number of rotatable bonds is 5. The van der Waals surface area contributed by atoms with Crippen LogP contribution in [0.4, 0.5) is 10.8 Å². The third-order valence-corrected chi connectivity index (χ3v) is 4.30. The van der Waals surface area contributed by atoms with Gasteiger partial charge >= 0.3 is 0 Å². The third-order valence-electron chi connectivity index (χ3n) is 3.37. The summed E-state index contributed by atoms with van der Waals surface area (Å²) in [6, 6.07) is 5.49. The van der Waals surface area contributed by atoms with E-state index in [1.54, 1.807) is 13.0 Å². The third kappa shape index (κ3) is 3.92. The Kier molecular flexibility index (Phi) is 4.80. The van der Waals surface area contributed by atoms with Gasteiger partial charge in [0.2, 0.25) is 0 Å². The lowest BCUT2D eigenvalue weighted by molar-refractivity contribution is -0.130. The first-order chi connectivity index (χ1) is 9.86. The molecule has 5 nitrogen and oxygen atoms in total. The minimum absolute atomic E-state index is 0.0286. The molecule has 2 unspecified atom stereocenters. The number of carbonyl (C=O) groups is 1. The number of aromatic nitrogens is 1. The van der Waals surface area contributed by atoms with Crippen LogP contribution >= 0.6 is 11.3 Å². The van der Waals surface area contributed by atoms with Crippen LogP contribution in [0.1, 0.15) is 27.7 Å². The lowest BCUT2D eigenvalue weighted by Gasteiger charge is -2.20. The number of hydrogen-bond donors (Lipinski definition) is 2. The molecule has 0 radical (unpaired) electrons. The minimum Gasteiger partial charge on any atom is -0.399 e. The van der Waals surface area contributed by atoms with Crippen LogP contribution in [0.25, 0.3) is 10.2 Å². The molecule has 2 atom stereocenters. The first-order valence-electron chi connectivity index (χ1n) is 6.99. The average Bonchev–Trinajstić information content (AvgIpc) is 2.79. The van der Waals surface area contributed by atoms with Crippen molar-refractivity contribution >= 4 is 38.3 Å². The van der Waals surface area contributed by atoms with E-state index in [-0.39, 0.29) is 12.0 Å². The molecule has 0 aliphatic heterocycles. The first-order valence-corrected chi connectivity index (χ1v) is 7.81. The monoisotopic (exact) mass is 307 g/mol. The highest BCUT2D eigenvalue weighted by molar-refractivity contribution is 7.22. The standard InChI is InChI=1S/C15H21N3O2S/c1-8(2)9(3)20-10(4)14(19)18-15-17-12-6-5-11(16)7-13(12)21-15/h5-10H,16H2,1-4H3,(H,17,18,19). The Hall–Kier alpha value is -1.66. The Balaban J connectivity index is 2.03. The minimum atomic E-state index is -0.514. The normalized spacial score (nSPS) is 14.3. The molecule has 1 heterocycles. The van der Waals surface area contributed by atoms with Crippen molar-refractivity contribution in [2.75, 3.05) is 11.1 Å². The number of thiazole rings is 1. The summed E-state index contributed by atoms with van der Waals surface area (Å²) < 4.78 is 6.64. The van der Waals surface area contributed by atoms with Crippen LogP contribution in [0.5, 0.6) is 0 Å². The van der Waals surface area contributed by atoms with E-state index < -0.39 is 6.10 Å². The molecule has 114 valence electrons. The summed E-state index contributed by atoms with van der Waals surface area (Å²) in [5.41, 5.74) is 7.25. The van der Waals surface area contributed by atoms with Crippen molar-refractivity contribution < 1.29 is 9.53 Å². The number of anilines is 2. The summed E-state index contributed by atoms with van der Waals surface area (Å²) in [7, 11) is 0. The molecule has 0 aliphatic carbocycles. The maximum absolute atomic E-state index is 12.1. The maximum Gasteiger partial charge on any atom is 0.255 e. The van der Waals surface area contributed by atoms with Crippen LogP contribution in [0, 0.1) is 5.92 Å². The van der Waals surface area contributed by atoms with Crippen LogP contribution in [-0.4, -0.2) is 23.1 Å². The van der Waals surface area contributed by atoms with Crippen molar-refractivity contribution in [1.29, 1.82) is 0 Å². The van der Waals surface area contributed by atoms with Crippen molar-refractivity contribution in [2.24, 2.45) is 5.92 Å². The zero-order chi connectivity index (χ0) is 15.6. The van der Waals surface area contributed by atoms with Crippen molar-refractivity contribution in [1.82, 2.24) is 4.98 Å². The number of nitrogens with one attached hydrogen (secondary N) is 1. The summed E-state index contributed by atoms with van der Waals surface area (Å²) in [5, 5.41) is 3.36. The van der Waals surface area contributed by atoms with Crippen molar-refractivity contribution in [3.63, 3.8) is 0 Å². The molecule has 21 heavy (non-hydrogen) atoms. The van der Waals surface area contributed by atoms with Gasteiger partial charge in [0, 0.05) is 5.69 Å².